The van der Waals surface area contributed by atoms with Gasteiger partial charge in [-0.15, -0.1) is 0 Å². The van der Waals surface area contributed by atoms with Gasteiger partial charge >= 0.3 is 0 Å². The van der Waals surface area contributed by atoms with Gasteiger partial charge in [0, 0.05) is 38.4 Å². The second-order valence-corrected chi connectivity index (χ2v) is 6.88. The van der Waals surface area contributed by atoms with Crippen molar-refractivity contribution >= 4 is 17.6 Å². The van der Waals surface area contributed by atoms with Crippen LogP contribution in [0.25, 0.3) is 0 Å². The number of carbonyl (C=O) groups excluding carboxylic acids is 1. The van der Waals surface area contributed by atoms with E-state index in [4.69, 9.17) is 19.9 Å². The Morgan fingerprint density at radius 2 is 2.14 bits per heavy atom. The van der Waals surface area contributed by atoms with Crippen molar-refractivity contribution in [3.05, 3.63) is 17.7 Å². The van der Waals surface area contributed by atoms with Gasteiger partial charge < -0.3 is 35.5 Å². The summed E-state index contributed by atoms with van der Waals surface area (Å²) in [6.07, 6.45) is 1.75. The summed E-state index contributed by atoms with van der Waals surface area (Å²) in [5.41, 5.74) is 7.92. The number of nitrogens with zero attached hydrogens (tertiary/aromatic N) is 2. The van der Waals surface area contributed by atoms with Crippen molar-refractivity contribution in [2.75, 3.05) is 46.3 Å². The Morgan fingerprint density at radius 3 is 2.82 bits per heavy atom. The summed E-state index contributed by atoms with van der Waals surface area (Å²) in [5.74, 6) is 1.90. The molecule has 154 valence electrons. The van der Waals surface area contributed by atoms with Gasteiger partial charge in [-0.25, -0.2) is 4.99 Å². The lowest BCUT2D eigenvalue weighted by atomic mass is 10.1. The number of carbonyl (C=O) groups is 1. The SMILES string of the molecule is COc1cc2c(cc1OC)C(N)N=C(N(C)CCCNC(=O)C1CCCO1)N2. The molecule has 2 atom stereocenters. The van der Waals surface area contributed by atoms with Gasteiger partial charge in [-0.1, -0.05) is 0 Å². The fourth-order valence-electron chi connectivity index (χ4n) is 3.33. The minimum absolute atomic E-state index is 0.0229. The number of amides is 1. The monoisotopic (exact) mass is 391 g/mol. The highest BCUT2D eigenvalue weighted by Gasteiger charge is 2.24. The number of nitrogens with two attached hydrogens (primary N) is 1. The van der Waals surface area contributed by atoms with Crippen LogP contribution in [0.4, 0.5) is 5.69 Å². The maximum absolute atomic E-state index is 12.0. The van der Waals surface area contributed by atoms with Crippen LogP contribution in [0.15, 0.2) is 17.1 Å². The number of aliphatic imine (C=N–C) groups is 1. The van der Waals surface area contributed by atoms with E-state index in [-0.39, 0.29) is 12.0 Å². The third-order valence-corrected chi connectivity index (χ3v) is 4.94. The van der Waals surface area contributed by atoms with Crippen LogP contribution in [0, 0.1) is 0 Å². The zero-order valence-electron chi connectivity index (χ0n) is 16.7. The molecule has 2 heterocycles. The summed E-state index contributed by atoms with van der Waals surface area (Å²) in [6, 6.07) is 3.70. The minimum Gasteiger partial charge on any atom is -0.493 e. The second kappa shape index (κ2) is 9.11. The zero-order chi connectivity index (χ0) is 20.1. The summed E-state index contributed by atoms with van der Waals surface area (Å²) in [7, 11) is 5.12. The normalized spacial score (nSPS) is 20.6. The molecule has 0 bridgehead atoms. The predicted octanol–water partition coefficient (Wildman–Crippen LogP) is 1.06. The highest BCUT2D eigenvalue weighted by atomic mass is 16.5. The molecule has 0 radical (unpaired) electrons. The van der Waals surface area contributed by atoms with Crippen LogP contribution in [-0.4, -0.2) is 63.8 Å². The number of hydrogen-bond donors (Lipinski definition) is 3. The number of nitrogens with one attached hydrogen (secondary N) is 2. The Hall–Kier alpha value is -2.52. The van der Waals surface area contributed by atoms with Gasteiger partial charge in [0.1, 0.15) is 12.3 Å². The number of benzene rings is 1. The fourth-order valence-corrected chi connectivity index (χ4v) is 3.33. The molecule has 28 heavy (non-hydrogen) atoms. The molecule has 1 aromatic carbocycles. The maximum atomic E-state index is 12.0. The molecular weight excluding hydrogens is 362 g/mol. The van der Waals surface area contributed by atoms with E-state index in [0.29, 0.717) is 37.2 Å². The molecule has 4 N–H and O–H groups in total. The smallest absolute Gasteiger partial charge is 0.249 e. The van der Waals surface area contributed by atoms with Crippen LogP contribution in [0.1, 0.15) is 31.0 Å². The minimum atomic E-state index is -0.493. The summed E-state index contributed by atoms with van der Waals surface area (Å²) >= 11 is 0. The topological polar surface area (TPSA) is 110 Å². The molecule has 0 aromatic heterocycles. The van der Waals surface area contributed by atoms with E-state index in [2.05, 4.69) is 15.6 Å². The van der Waals surface area contributed by atoms with Crippen molar-refractivity contribution < 1.29 is 19.0 Å². The molecule has 2 aliphatic rings. The second-order valence-electron chi connectivity index (χ2n) is 6.88. The van der Waals surface area contributed by atoms with E-state index >= 15 is 0 Å². The largest absolute Gasteiger partial charge is 0.493 e. The van der Waals surface area contributed by atoms with Crippen LogP contribution in [0.5, 0.6) is 11.5 Å². The Bertz CT molecular complexity index is 733. The number of rotatable bonds is 7. The van der Waals surface area contributed by atoms with Gasteiger partial charge in [0.05, 0.1) is 19.9 Å². The van der Waals surface area contributed by atoms with Crippen molar-refractivity contribution in [1.29, 1.82) is 0 Å². The van der Waals surface area contributed by atoms with E-state index in [0.717, 1.165) is 30.5 Å². The average molecular weight is 391 g/mol. The van der Waals surface area contributed by atoms with Gasteiger partial charge in [0.2, 0.25) is 5.91 Å². The first-order chi connectivity index (χ1) is 13.5. The number of anilines is 1. The Balaban J connectivity index is 1.54. The summed E-state index contributed by atoms with van der Waals surface area (Å²) in [4.78, 5) is 18.5. The highest BCUT2D eigenvalue weighted by molar-refractivity contribution is 5.96. The van der Waals surface area contributed by atoms with Gasteiger partial charge in [-0.2, -0.15) is 0 Å². The van der Waals surface area contributed by atoms with Crippen LogP contribution >= 0.6 is 0 Å². The van der Waals surface area contributed by atoms with E-state index < -0.39 is 6.17 Å². The maximum Gasteiger partial charge on any atom is 0.249 e. The van der Waals surface area contributed by atoms with Gasteiger partial charge in [-0.05, 0) is 25.3 Å². The standard InChI is InChI=1S/C19H29N5O4/c1-24(8-5-7-21-18(25)14-6-4-9-28-14)19-22-13-11-16(27-3)15(26-2)10-12(13)17(20)23-19/h10-11,14,17H,4-9,20H2,1-3H3,(H,21,25)(H,22,23). The Kier molecular flexibility index (Phi) is 6.58. The molecule has 1 saturated heterocycles. The van der Waals surface area contributed by atoms with E-state index in [1.165, 1.54) is 0 Å². The lowest BCUT2D eigenvalue weighted by Gasteiger charge is -2.29. The molecule has 9 nitrogen and oxygen atoms in total. The van der Waals surface area contributed by atoms with Crippen molar-refractivity contribution in [3.63, 3.8) is 0 Å². The molecule has 0 spiro atoms. The first-order valence-electron chi connectivity index (χ1n) is 9.50. The summed E-state index contributed by atoms with van der Waals surface area (Å²) in [6.45, 7) is 1.97. The molecule has 1 amide bonds. The first-order valence-corrected chi connectivity index (χ1v) is 9.50. The number of guanidine groups is 1. The van der Waals surface area contributed by atoms with Gasteiger partial charge in [-0.3, -0.25) is 4.79 Å². The zero-order valence-corrected chi connectivity index (χ0v) is 16.7. The summed E-state index contributed by atoms with van der Waals surface area (Å²) in [5, 5.41) is 6.23. The van der Waals surface area contributed by atoms with Crippen LogP contribution < -0.4 is 25.8 Å². The molecule has 2 aliphatic heterocycles. The van der Waals surface area contributed by atoms with E-state index in [1.54, 1.807) is 14.2 Å². The van der Waals surface area contributed by atoms with Crippen LogP contribution in [-0.2, 0) is 9.53 Å². The molecule has 2 unspecified atom stereocenters. The number of methoxy groups -OCH3 is 2. The molecule has 9 heteroatoms. The molecular formula is C19H29N5O4. The molecule has 0 aliphatic carbocycles. The average Bonchev–Trinajstić information content (AvgIpc) is 3.24. The first kappa shape index (κ1) is 20.2. The van der Waals surface area contributed by atoms with Crippen molar-refractivity contribution in [2.24, 2.45) is 10.7 Å². The van der Waals surface area contributed by atoms with E-state index in [1.807, 2.05) is 24.1 Å². The van der Waals surface area contributed by atoms with Crippen molar-refractivity contribution in [3.8, 4) is 11.5 Å². The Morgan fingerprint density at radius 1 is 1.39 bits per heavy atom. The molecule has 1 fully saturated rings. The van der Waals surface area contributed by atoms with E-state index in [9.17, 15) is 4.79 Å². The Labute approximate surface area is 165 Å². The van der Waals surface area contributed by atoms with Crippen LogP contribution in [0.2, 0.25) is 0 Å². The lowest BCUT2D eigenvalue weighted by molar-refractivity contribution is -0.130. The van der Waals surface area contributed by atoms with Gasteiger partial charge in [0.15, 0.2) is 17.5 Å². The predicted molar refractivity (Wildman–Crippen MR) is 107 cm³/mol. The summed E-state index contributed by atoms with van der Waals surface area (Å²) < 4.78 is 16.1. The third kappa shape index (κ3) is 4.48. The number of hydrogen-bond acceptors (Lipinski definition) is 8. The molecule has 1 aromatic rings. The van der Waals surface area contributed by atoms with Crippen molar-refractivity contribution in [2.45, 2.75) is 31.5 Å². The molecule has 3 rings (SSSR count). The number of ether oxygens (including phenoxy) is 3. The highest BCUT2D eigenvalue weighted by Crippen LogP contribution is 2.37. The molecule has 0 saturated carbocycles. The number of fused-ring (bicyclic) bond motifs is 1. The lowest BCUT2D eigenvalue weighted by Crippen LogP contribution is -2.39. The van der Waals surface area contributed by atoms with Crippen LogP contribution in [0.3, 0.4) is 0 Å². The van der Waals surface area contributed by atoms with Crippen molar-refractivity contribution in [1.82, 2.24) is 10.2 Å². The fraction of sp³-hybridized carbons (Fsp3) is 0.579. The quantitative estimate of drug-likeness (QED) is 0.596. The van der Waals surface area contributed by atoms with Gasteiger partial charge in [0.25, 0.3) is 0 Å². The third-order valence-electron chi connectivity index (χ3n) is 4.94.